The normalized spacial score (nSPS) is 11.7. The van der Waals surface area contributed by atoms with Crippen molar-refractivity contribution in [3.63, 3.8) is 0 Å². The average molecular weight is 302 g/mol. The van der Waals surface area contributed by atoms with E-state index in [2.05, 4.69) is 15.0 Å². The Balaban J connectivity index is 2.10. The third-order valence-electron chi connectivity index (χ3n) is 3.09. The average Bonchev–Trinajstić information content (AvgIpc) is 2.93. The van der Waals surface area contributed by atoms with Gasteiger partial charge in [-0.2, -0.15) is 8.42 Å². The molecule has 0 spiro atoms. The van der Waals surface area contributed by atoms with E-state index in [9.17, 15) is 8.42 Å². The lowest BCUT2D eigenvalue weighted by molar-refractivity contribution is 0.584. The highest BCUT2D eigenvalue weighted by atomic mass is 32.2. The lowest BCUT2D eigenvalue weighted by Crippen LogP contribution is -2.32. The second-order valence-electron chi connectivity index (χ2n) is 4.42. The number of benzene rings is 1. The van der Waals surface area contributed by atoms with Crippen LogP contribution in [0.5, 0.6) is 0 Å². The molecule has 0 saturated carbocycles. The van der Waals surface area contributed by atoms with Crippen LogP contribution in [0.4, 0.5) is 5.82 Å². The van der Waals surface area contributed by atoms with Crippen LogP contribution in [-0.4, -0.2) is 29.9 Å². The van der Waals surface area contributed by atoms with Crippen molar-refractivity contribution in [3.05, 3.63) is 48.7 Å². The number of aromatic nitrogens is 3. The maximum atomic E-state index is 12.7. The van der Waals surface area contributed by atoms with Crippen LogP contribution >= 0.6 is 0 Å². The molecule has 0 fully saturated rings. The number of para-hydroxylation sites is 2. The highest BCUT2D eigenvalue weighted by molar-refractivity contribution is 7.92. The number of hydrogen-bond donors (Lipinski definition) is 1. The molecule has 7 heteroatoms. The first-order valence-corrected chi connectivity index (χ1v) is 7.95. The SMILES string of the molecule is CCN(c1ccccn1)S(=O)(=O)c1nc2ccccc2[nH]1. The second kappa shape index (κ2) is 5.17. The number of pyridine rings is 1. The van der Waals surface area contributed by atoms with E-state index in [1.165, 1.54) is 4.31 Å². The smallest absolute Gasteiger partial charge is 0.299 e. The molecule has 0 radical (unpaired) electrons. The molecule has 0 aliphatic heterocycles. The molecule has 1 N–H and O–H groups in total. The summed E-state index contributed by atoms with van der Waals surface area (Å²) < 4.78 is 26.7. The quantitative estimate of drug-likeness (QED) is 0.801. The summed E-state index contributed by atoms with van der Waals surface area (Å²) in [4.78, 5) is 11.1. The first-order chi connectivity index (χ1) is 10.1. The minimum atomic E-state index is -3.76. The molecule has 108 valence electrons. The lowest BCUT2D eigenvalue weighted by atomic mass is 10.3. The van der Waals surface area contributed by atoms with Crippen molar-refractivity contribution < 1.29 is 8.42 Å². The molecule has 0 saturated heterocycles. The zero-order valence-electron chi connectivity index (χ0n) is 11.4. The Labute approximate surface area is 122 Å². The minimum absolute atomic E-state index is 0.0730. The van der Waals surface area contributed by atoms with Crippen LogP contribution < -0.4 is 4.31 Å². The monoisotopic (exact) mass is 302 g/mol. The van der Waals surface area contributed by atoms with Gasteiger partial charge in [0.2, 0.25) is 5.16 Å². The summed E-state index contributed by atoms with van der Waals surface area (Å²) in [7, 11) is -3.76. The van der Waals surface area contributed by atoms with E-state index in [0.717, 1.165) is 0 Å². The van der Waals surface area contributed by atoms with Crippen LogP contribution in [0.3, 0.4) is 0 Å². The Morgan fingerprint density at radius 3 is 2.57 bits per heavy atom. The van der Waals surface area contributed by atoms with E-state index in [1.54, 1.807) is 43.5 Å². The molecule has 3 rings (SSSR count). The van der Waals surface area contributed by atoms with Gasteiger partial charge in [0.1, 0.15) is 5.82 Å². The van der Waals surface area contributed by atoms with Crippen LogP contribution in [0.25, 0.3) is 11.0 Å². The Hall–Kier alpha value is -2.41. The van der Waals surface area contributed by atoms with Gasteiger partial charge in [0.25, 0.3) is 10.0 Å². The Kier molecular flexibility index (Phi) is 3.34. The fourth-order valence-corrected chi connectivity index (χ4v) is 3.47. The van der Waals surface area contributed by atoms with Gasteiger partial charge in [-0.15, -0.1) is 0 Å². The number of imidazole rings is 1. The number of anilines is 1. The summed E-state index contributed by atoms with van der Waals surface area (Å²) in [6.07, 6.45) is 1.56. The fraction of sp³-hybridized carbons (Fsp3) is 0.143. The highest BCUT2D eigenvalue weighted by Gasteiger charge is 2.27. The topological polar surface area (TPSA) is 79.0 Å². The summed E-state index contributed by atoms with van der Waals surface area (Å²) in [5, 5.41) is -0.0730. The van der Waals surface area contributed by atoms with Crippen LogP contribution in [0, 0.1) is 0 Å². The molecule has 3 aromatic rings. The summed E-state index contributed by atoms with van der Waals surface area (Å²) in [5.74, 6) is 0.375. The van der Waals surface area contributed by atoms with Gasteiger partial charge in [-0.25, -0.2) is 14.3 Å². The lowest BCUT2D eigenvalue weighted by Gasteiger charge is -2.19. The fourth-order valence-electron chi connectivity index (χ4n) is 2.11. The predicted octanol–water partition coefficient (Wildman–Crippen LogP) is 2.17. The van der Waals surface area contributed by atoms with Crippen LogP contribution in [0.2, 0.25) is 0 Å². The number of fused-ring (bicyclic) bond motifs is 1. The van der Waals surface area contributed by atoms with Crippen molar-refractivity contribution in [2.45, 2.75) is 12.1 Å². The largest absolute Gasteiger partial charge is 0.327 e. The van der Waals surface area contributed by atoms with E-state index in [1.807, 2.05) is 12.1 Å². The number of hydrogen-bond acceptors (Lipinski definition) is 4. The summed E-state index contributed by atoms with van der Waals surface area (Å²) in [6, 6.07) is 12.3. The third kappa shape index (κ3) is 2.36. The molecule has 0 bridgehead atoms. The van der Waals surface area contributed by atoms with Gasteiger partial charge in [-0.05, 0) is 31.2 Å². The van der Waals surface area contributed by atoms with Crippen LogP contribution in [-0.2, 0) is 10.0 Å². The van der Waals surface area contributed by atoms with Crippen molar-refractivity contribution in [1.82, 2.24) is 15.0 Å². The maximum absolute atomic E-state index is 12.7. The minimum Gasteiger partial charge on any atom is -0.327 e. The molecular formula is C14H14N4O2S. The summed E-state index contributed by atoms with van der Waals surface area (Å²) >= 11 is 0. The molecule has 2 aromatic heterocycles. The molecule has 0 aliphatic rings. The molecule has 2 heterocycles. The molecule has 0 atom stereocenters. The van der Waals surface area contributed by atoms with Gasteiger partial charge in [0.15, 0.2) is 0 Å². The van der Waals surface area contributed by atoms with Crippen LogP contribution in [0.1, 0.15) is 6.92 Å². The summed E-state index contributed by atoms with van der Waals surface area (Å²) in [5.41, 5.74) is 1.31. The Morgan fingerprint density at radius 2 is 1.90 bits per heavy atom. The second-order valence-corrected chi connectivity index (χ2v) is 6.19. The maximum Gasteiger partial charge on any atom is 0.299 e. The van der Waals surface area contributed by atoms with Crippen molar-refractivity contribution in [2.75, 3.05) is 10.8 Å². The molecule has 1 aromatic carbocycles. The molecular weight excluding hydrogens is 288 g/mol. The zero-order valence-corrected chi connectivity index (χ0v) is 12.2. The van der Waals surface area contributed by atoms with E-state index < -0.39 is 10.0 Å². The van der Waals surface area contributed by atoms with E-state index >= 15 is 0 Å². The van der Waals surface area contributed by atoms with Gasteiger partial charge < -0.3 is 4.98 Å². The number of rotatable bonds is 4. The standard InChI is InChI=1S/C14H14N4O2S/c1-2-18(13-9-5-6-10-15-13)21(19,20)14-16-11-7-3-4-8-12(11)17-14/h3-10H,2H2,1H3,(H,16,17). The van der Waals surface area contributed by atoms with E-state index in [-0.39, 0.29) is 11.7 Å². The van der Waals surface area contributed by atoms with Crippen LogP contribution in [0.15, 0.2) is 53.8 Å². The van der Waals surface area contributed by atoms with Gasteiger partial charge >= 0.3 is 0 Å². The van der Waals surface area contributed by atoms with Gasteiger partial charge in [0, 0.05) is 12.7 Å². The number of nitrogens with zero attached hydrogens (tertiary/aromatic N) is 3. The number of sulfonamides is 1. The molecule has 0 amide bonds. The zero-order chi connectivity index (χ0) is 14.9. The number of H-pyrrole nitrogens is 1. The molecule has 0 aliphatic carbocycles. The van der Waals surface area contributed by atoms with Crippen molar-refractivity contribution in [3.8, 4) is 0 Å². The third-order valence-corrected chi connectivity index (χ3v) is 4.80. The number of nitrogens with one attached hydrogen (secondary N) is 1. The number of aromatic amines is 1. The van der Waals surface area contributed by atoms with Gasteiger partial charge in [-0.3, -0.25) is 0 Å². The first-order valence-electron chi connectivity index (χ1n) is 6.51. The molecule has 6 nitrogen and oxygen atoms in total. The van der Waals surface area contributed by atoms with E-state index in [4.69, 9.17) is 0 Å². The molecule has 21 heavy (non-hydrogen) atoms. The summed E-state index contributed by atoms with van der Waals surface area (Å²) in [6.45, 7) is 2.03. The molecule has 0 unspecified atom stereocenters. The Morgan fingerprint density at radius 1 is 1.14 bits per heavy atom. The van der Waals surface area contributed by atoms with Crippen molar-refractivity contribution >= 4 is 26.9 Å². The van der Waals surface area contributed by atoms with Gasteiger partial charge in [0.05, 0.1) is 11.0 Å². The van der Waals surface area contributed by atoms with Crippen molar-refractivity contribution in [2.24, 2.45) is 0 Å². The van der Waals surface area contributed by atoms with Gasteiger partial charge in [-0.1, -0.05) is 18.2 Å². The highest BCUT2D eigenvalue weighted by Crippen LogP contribution is 2.21. The van der Waals surface area contributed by atoms with E-state index in [0.29, 0.717) is 16.9 Å². The first kappa shape index (κ1) is 13.6. The predicted molar refractivity (Wildman–Crippen MR) is 80.5 cm³/mol. The van der Waals surface area contributed by atoms with Crippen molar-refractivity contribution in [1.29, 1.82) is 0 Å². The Bertz CT molecular complexity index is 826.